The van der Waals surface area contributed by atoms with Gasteiger partial charge in [0, 0.05) is 25.3 Å². The van der Waals surface area contributed by atoms with Gasteiger partial charge in [-0.25, -0.2) is 0 Å². The van der Waals surface area contributed by atoms with Crippen molar-refractivity contribution in [1.82, 2.24) is 5.32 Å². The summed E-state index contributed by atoms with van der Waals surface area (Å²) in [6.07, 6.45) is 2.33. The van der Waals surface area contributed by atoms with E-state index < -0.39 is 0 Å². The molecule has 2 aromatic rings. The van der Waals surface area contributed by atoms with Gasteiger partial charge in [-0.3, -0.25) is 0 Å². The number of ether oxygens (including phenoxy) is 2. The molecule has 0 radical (unpaired) electrons. The first kappa shape index (κ1) is 14.4. The van der Waals surface area contributed by atoms with Gasteiger partial charge >= 0.3 is 0 Å². The van der Waals surface area contributed by atoms with E-state index in [0.717, 1.165) is 38.0 Å². The summed E-state index contributed by atoms with van der Waals surface area (Å²) in [4.78, 5) is 0. The Balaban J connectivity index is 1.72. The van der Waals surface area contributed by atoms with Crippen LogP contribution < -0.4 is 10.1 Å². The van der Waals surface area contributed by atoms with Crippen molar-refractivity contribution in [2.24, 2.45) is 5.92 Å². The van der Waals surface area contributed by atoms with Crippen molar-refractivity contribution in [3.05, 3.63) is 42.0 Å². The summed E-state index contributed by atoms with van der Waals surface area (Å²) in [6, 6.07) is 12.7. The lowest BCUT2D eigenvalue weighted by atomic mass is 9.99. The average molecular weight is 285 g/mol. The van der Waals surface area contributed by atoms with Crippen molar-refractivity contribution in [1.29, 1.82) is 0 Å². The van der Waals surface area contributed by atoms with Crippen LogP contribution in [0.5, 0.6) is 5.75 Å². The number of rotatable bonds is 5. The minimum atomic E-state index is 0.736. The highest BCUT2D eigenvalue weighted by atomic mass is 16.5. The van der Waals surface area contributed by atoms with Crippen LogP contribution in [0.1, 0.15) is 18.4 Å². The number of hydrogen-bond donors (Lipinski definition) is 1. The Labute approximate surface area is 126 Å². The summed E-state index contributed by atoms with van der Waals surface area (Å²) in [6.45, 7) is 3.71. The first-order valence-electron chi connectivity index (χ1n) is 7.71. The zero-order chi connectivity index (χ0) is 14.5. The Hall–Kier alpha value is -1.58. The highest BCUT2D eigenvalue weighted by molar-refractivity contribution is 5.87. The van der Waals surface area contributed by atoms with E-state index in [1.807, 2.05) is 0 Å². The summed E-state index contributed by atoms with van der Waals surface area (Å²) in [5.41, 5.74) is 1.25. The number of nitrogens with one attached hydrogen (secondary N) is 1. The van der Waals surface area contributed by atoms with Crippen LogP contribution in [-0.2, 0) is 11.3 Å². The number of methoxy groups -OCH3 is 1. The van der Waals surface area contributed by atoms with E-state index in [-0.39, 0.29) is 0 Å². The van der Waals surface area contributed by atoms with Gasteiger partial charge in [0.15, 0.2) is 0 Å². The molecule has 3 nitrogen and oxygen atoms in total. The first-order valence-corrected chi connectivity index (χ1v) is 7.71. The fourth-order valence-electron chi connectivity index (χ4n) is 3.04. The second-order valence-electron chi connectivity index (χ2n) is 5.65. The van der Waals surface area contributed by atoms with Crippen molar-refractivity contribution < 1.29 is 9.47 Å². The van der Waals surface area contributed by atoms with Crippen LogP contribution in [0.15, 0.2) is 36.4 Å². The molecule has 0 aromatic heterocycles. The maximum absolute atomic E-state index is 5.54. The zero-order valence-corrected chi connectivity index (χ0v) is 12.6. The molecule has 0 bridgehead atoms. The standard InChI is InChI=1S/C18H23NO2/c1-20-18-7-6-15-4-2-3-5-16(15)17(18)13-19-12-14-8-10-21-11-9-14/h2-7,14,19H,8-13H2,1H3. The lowest BCUT2D eigenvalue weighted by Crippen LogP contribution is -2.27. The molecule has 1 saturated heterocycles. The van der Waals surface area contributed by atoms with Gasteiger partial charge in [0.1, 0.15) is 5.75 Å². The third-order valence-corrected chi connectivity index (χ3v) is 4.29. The van der Waals surface area contributed by atoms with Crippen molar-refractivity contribution in [2.45, 2.75) is 19.4 Å². The van der Waals surface area contributed by atoms with E-state index in [1.54, 1.807) is 7.11 Å². The third-order valence-electron chi connectivity index (χ3n) is 4.29. The summed E-state index contributed by atoms with van der Waals surface area (Å²) < 4.78 is 10.9. The Morgan fingerprint density at radius 3 is 2.76 bits per heavy atom. The molecule has 0 amide bonds. The Morgan fingerprint density at radius 2 is 1.95 bits per heavy atom. The van der Waals surface area contributed by atoms with E-state index in [9.17, 15) is 0 Å². The molecule has 0 unspecified atom stereocenters. The van der Waals surface area contributed by atoms with Crippen molar-refractivity contribution in [2.75, 3.05) is 26.9 Å². The molecule has 0 atom stereocenters. The second kappa shape index (κ2) is 6.92. The van der Waals surface area contributed by atoms with Crippen molar-refractivity contribution >= 4 is 10.8 Å². The van der Waals surface area contributed by atoms with Gasteiger partial charge in [-0.1, -0.05) is 30.3 Å². The summed E-state index contributed by atoms with van der Waals surface area (Å²) in [5, 5.41) is 6.14. The van der Waals surface area contributed by atoms with Crippen LogP contribution >= 0.6 is 0 Å². The van der Waals surface area contributed by atoms with Crippen LogP contribution in [-0.4, -0.2) is 26.9 Å². The van der Waals surface area contributed by atoms with Crippen LogP contribution in [0.2, 0.25) is 0 Å². The normalized spacial score (nSPS) is 16.2. The predicted octanol–water partition coefficient (Wildman–Crippen LogP) is 3.36. The minimum absolute atomic E-state index is 0.736. The van der Waals surface area contributed by atoms with E-state index in [2.05, 4.69) is 41.7 Å². The molecular weight excluding hydrogens is 262 g/mol. The van der Waals surface area contributed by atoms with Gasteiger partial charge in [-0.2, -0.15) is 0 Å². The Kier molecular flexibility index (Phi) is 4.73. The molecule has 2 aromatic carbocycles. The highest BCUT2D eigenvalue weighted by Crippen LogP contribution is 2.28. The molecule has 0 spiro atoms. The summed E-state index contributed by atoms with van der Waals surface area (Å²) >= 11 is 0. The number of hydrogen-bond acceptors (Lipinski definition) is 3. The molecule has 1 N–H and O–H groups in total. The Morgan fingerprint density at radius 1 is 1.14 bits per heavy atom. The van der Waals surface area contributed by atoms with Crippen LogP contribution in [0.4, 0.5) is 0 Å². The van der Waals surface area contributed by atoms with E-state index in [0.29, 0.717) is 0 Å². The van der Waals surface area contributed by atoms with Gasteiger partial charge < -0.3 is 14.8 Å². The maximum Gasteiger partial charge on any atom is 0.123 e. The highest BCUT2D eigenvalue weighted by Gasteiger charge is 2.14. The first-order chi connectivity index (χ1) is 10.4. The molecule has 1 aliphatic rings. The van der Waals surface area contributed by atoms with E-state index >= 15 is 0 Å². The predicted molar refractivity (Wildman–Crippen MR) is 85.7 cm³/mol. The van der Waals surface area contributed by atoms with Crippen LogP contribution in [0.3, 0.4) is 0 Å². The SMILES string of the molecule is COc1ccc2ccccc2c1CNCC1CCOCC1. The fraction of sp³-hybridized carbons (Fsp3) is 0.444. The summed E-state index contributed by atoms with van der Waals surface area (Å²) in [7, 11) is 1.74. The van der Waals surface area contributed by atoms with Crippen molar-refractivity contribution in [3.8, 4) is 5.75 Å². The molecule has 0 saturated carbocycles. The smallest absolute Gasteiger partial charge is 0.123 e. The number of fused-ring (bicyclic) bond motifs is 1. The third kappa shape index (κ3) is 3.36. The maximum atomic E-state index is 5.54. The lowest BCUT2D eigenvalue weighted by molar-refractivity contribution is 0.0662. The minimum Gasteiger partial charge on any atom is -0.496 e. The molecule has 1 heterocycles. The molecule has 3 rings (SSSR count). The molecule has 0 aliphatic carbocycles. The summed E-state index contributed by atoms with van der Waals surface area (Å²) in [5.74, 6) is 1.70. The second-order valence-corrected chi connectivity index (χ2v) is 5.65. The topological polar surface area (TPSA) is 30.5 Å². The average Bonchev–Trinajstić information content (AvgIpc) is 2.56. The number of benzene rings is 2. The van der Waals surface area contributed by atoms with Crippen LogP contribution in [0, 0.1) is 5.92 Å². The monoisotopic (exact) mass is 285 g/mol. The quantitative estimate of drug-likeness (QED) is 0.913. The molecule has 1 aliphatic heterocycles. The van der Waals surface area contributed by atoms with Gasteiger partial charge in [0.25, 0.3) is 0 Å². The lowest BCUT2D eigenvalue weighted by Gasteiger charge is -2.22. The van der Waals surface area contributed by atoms with Gasteiger partial charge in [0.05, 0.1) is 7.11 Å². The van der Waals surface area contributed by atoms with Crippen molar-refractivity contribution in [3.63, 3.8) is 0 Å². The zero-order valence-electron chi connectivity index (χ0n) is 12.6. The van der Waals surface area contributed by atoms with Gasteiger partial charge in [-0.05, 0) is 42.1 Å². The van der Waals surface area contributed by atoms with E-state index in [4.69, 9.17) is 9.47 Å². The molecule has 1 fully saturated rings. The largest absolute Gasteiger partial charge is 0.496 e. The molecule has 3 heteroatoms. The van der Waals surface area contributed by atoms with Crippen LogP contribution in [0.25, 0.3) is 10.8 Å². The molecule has 112 valence electrons. The van der Waals surface area contributed by atoms with E-state index in [1.165, 1.54) is 29.2 Å². The van der Waals surface area contributed by atoms with Gasteiger partial charge in [-0.15, -0.1) is 0 Å². The van der Waals surface area contributed by atoms with Gasteiger partial charge in [0.2, 0.25) is 0 Å². The Bertz CT molecular complexity index is 591. The molecular formula is C18H23NO2. The fourth-order valence-corrected chi connectivity index (χ4v) is 3.04. The molecule has 21 heavy (non-hydrogen) atoms.